The van der Waals surface area contributed by atoms with Crippen LogP contribution >= 0.6 is 11.3 Å². The van der Waals surface area contributed by atoms with Crippen LogP contribution in [0.4, 0.5) is 5.69 Å². The molecule has 0 aliphatic rings. The molecule has 1 heterocycles. The molecule has 0 aliphatic heterocycles. The van der Waals surface area contributed by atoms with E-state index in [-0.39, 0.29) is 10.8 Å². The molecule has 0 spiro atoms. The summed E-state index contributed by atoms with van der Waals surface area (Å²) in [5.41, 5.74) is 0.486. The third-order valence-corrected chi connectivity index (χ3v) is 4.07. The van der Waals surface area contributed by atoms with E-state index >= 15 is 0 Å². The van der Waals surface area contributed by atoms with E-state index in [2.05, 4.69) is 5.32 Å². The van der Waals surface area contributed by atoms with Crippen LogP contribution in [0.15, 0.2) is 41.8 Å². The number of hydrogen-bond donors (Lipinski definition) is 2. The third kappa shape index (κ3) is 2.72. The van der Waals surface area contributed by atoms with E-state index in [0.29, 0.717) is 5.69 Å². The molecular weight excluding hydrogens is 274 g/mol. The molecule has 2 rings (SSSR count). The first kappa shape index (κ1) is 14.3. The van der Waals surface area contributed by atoms with Gasteiger partial charge in [-0.1, -0.05) is 30.3 Å². The summed E-state index contributed by atoms with van der Waals surface area (Å²) in [4.78, 5) is 23.6. The maximum absolute atomic E-state index is 12.4. The van der Waals surface area contributed by atoms with Crippen LogP contribution < -0.4 is 5.32 Å². The standard InChI is InChI=1S/C15H15NO3S/c1-15(2,10-6-4-3-5-7-10)14(19)16-11-8-9-20-12(11)13(17)18/h3-9H,1-2H3,(H,16,19)(H,17,18). The van der Waals surface area contributed by atoms with Crippen molar-refractivity contribution in [3.8, 4) is 0 Å². The lowest BCUT2D eigenvalue weighted by Gasteiger charge is -2.24. The molecule has 2 aromatic rings. The quantitative estimate of drug-likeness (QED) is 0.907. The topological polar surface area (TPSA) is 66.4 Å². The van der Waals surface area contributed by atoms with Crippen LogP contribution in [-0.2, 0) is 10.2 Å². The number of amides is 1. The fraction of sp³-hybridized carbons (Fsp3) is 0.200. The van der Waals surface area contributed by atoms with Gasteiger partial charge in [-0.15, -0.1) is 11.3 Å². The van der Waals surface area contributed by atoms with Crippen molar-refractivity contribution in [2.24, 2.45) is 0 Å². The number of carbonyl (C=O) groups is 2. The van der Waals surface area contributed by atoms with Gasteiger partial charge in [0.1, 0.15) is 4.88 Å². The molecule has 0 saturated carbocycles. The van der Waals surface area contributed by atoms with Crippen molar-refractivity contribution < 1.29 is 14.7 Å². The van der Waals surface area contributed by atoms with Crippen molar-refractivity contribution in [3.05, 3.63) is 52.2 Å². The number of anilines is 1. The van der Waals surface area contributed by atoms with Crippen LogP contribution in [0.25, 0.3) is 0 Å². The van der Waals surface area contributed by atoms with E-state index in [4.69, 9.17) is 5.11 Å². The molecule has 0 atom stereocenters. The molecule has 4 nitrogen and oxygen atoms in total. The maximum Gasteiger partial charge on any atom is 0.348 e. The number of thiophene rings is 1. The third-order valence-electron chi connectivity index (χ3n) is 3.17. The Bertz CT molecular complexity index is 632. The fourth-order valence-electron chi connectivity index (χ4n) is 1.84. The van der Waals surface area contributed by atoms with Gasteiger partial charge in [0.25, 0.3) is 0 Å². The smallest absolute Gasteiger partial charge is 0.348 e. The molecule has 0 aliphatic carbocycles. The molecule has 0 radical (unpaired) electrons. The number of aromatic carboxylic acids is 1. The first-order valence-electron chi connectivity index (χ1n) is 6.10. The van der Waals surface area contributed by atoms with Gasteiger partial charge in [-0.25, -0.2) is 4.79 Å². The van der Waals surface area contributed by atoms with Crippen molar-refractivity contribution in [1.29, 1.82) is 0 Å². The molecule has 0 saturated heterocycles. The predicted molar refractivity (Wildman–Crippen MR) is 79.4 cm³/mol. The van der Waals surface area contributed by atoms with E-state index in [9.17, 15) is 9.59 Å². The van der Waals surface area contributed by atoms with Gasteiger partial charge in [0.05, 0.1) is 11.1 Å². The average molecular weight is 289 g/mol. The lowest BCUT2D eigenvalue weighted by molar-refractivity contribution is -0.120. The van der Waals surface area contributed by atoms with Gasteiger partial charge in [-0.2, -0.15) is 0 Å². The highest BCUT2D eigenvalue weighted by Gasteiger charge is 2.30. The summed E-state index contributed by atoms with van der Waals surface area (Å²) < 4.78 is 0. The second-order valence-electron chi connectivity index (χ2n) is 4.91. The zero-order valence-electron chi connectivity index (χ0n) is 11.2. The Morgan fingerprint density at radius 2 is 1.80 bits per heavy atom. The molecule has 20 heavy (non-hydrogen) atoms. The van der Waals surface area contributed by atoms with Crippen LogP contribution in [0.2, 0.25) is 0 Å². The Labute approximate surface area is 121 Å². The van der Waals surface area contributed by atoms with Gasteiger partial charge in [0.15, 0.2) is 0 Å². The maximum atomic E-state index is 12.4. The van der Waals surface area contributed by atoms with Gasteiger partial charge in [0, 0.05) is 0 Å². The summed E-state index contributed by atoms with van der Waals surface area (Å²) in [6.45, 7) is 3.62. The second kappa shape index (κ2) is 5.46. The SMILES string of the molecule is CC(C)(C(=O)Nc1ccsc1C(=O)O)c1ccccc1. The number of hydrogen-bond acceptors (Lipinski definition) is 3. The summed E-state index contributed by atoms with van der Waals surface area (Å²) in [5, 5.41) is 13.4. The van der Waals surface area contributed by atoms with Crippen LogP contribution in [-0.4, -0.2) is 17.0 Å². The van der Waals surface area contributed by atoms with Gasteiger partial charge in [0.2, 0.25) is 5.91 Å². The van der Waals surface area contributed by atoms with E-state index in [1.54, 1.807) is 11.4 Å². The highest BCUT2D eigenvalue weighted by molar-refractivity contribution is 7.12. The molecule has 2 N–H and O–H groups in total. The van der Waals surface area contributed by atoms with Crippen LogP contribution in [0, 0.1) is 0 Å². The van der Waals surface area contributed by atoms with Crippen LogP contribution in [0.3, 0.4) is 0 Å². The molecule has 1 aromatic heterocycles. The molecule has 0 unspecified atom stereocenters. The molecule has 104 valence electrons. The Kier molecular flexibility index (Phi) is 3.90. The van der Waals surface area contributed by atoms with Crippen molar-refractivity contribution in [2.45, 2.75) is 19.3 Å². The minimum absolute atomic E-state index is 0.141. The molecule has 1 amide bonds. The van der Waals surface area contributed by atoms with E-state index in [0.717, 1.165) is 16.9 Å². The highest BCUT2D eigenvalue weighted by atomic mass is 32.1. The zero-order valence-corrected chi connectivity index (χ0v) is 12.0. The van der Waals surface area contributed by atoms with E-state index < -0.39 is 11.4 Å². The molecule has 1 aromatic carbocycles. The van der Waals surface area contributed by atoms with Crippen LogP contribution in [0.5, 0.6) is 0 Å². The van der Waals surface area contributed by atoms with E-state index in [1.165, 1.54) is 0 Å². The first-order valence-corrected chi connectivity index (χ1v) is 6.98. The average Bonchev–Trinajstić information content (AvgIpc) is 2.88. The Hall–Kier alpha value is -2.14. The highest BCUT2D eigenvalue weighted by Crippen LogP contribution is 2.28. The largest absolute Gasteiger partial charge is 0.477 e. The van der Waals surface area contributed by atoms with Crippen LogP contribution in [0.1, 0.15) is 29.1 Å². The summed E-state index contributed by atoms with van der Waals surface area (Å²) in [7, 11) is 0. The lowest BCUT2D eigenvalue weighted by Crippen LogP contribution is -2.34. The van der Waals surface area contributed by atoms with Crippen molar-refractivity contribution in [1.82, 2.24) is 0 Å². The number of carboxylic acids is 1. The summed E-state index contributed by atoms with van der Waals surface area (Å²) in [6, 6.07) is 11.0. The van der Waals surface area contributed by atoms with Crippen molar-refractivity contribution in [2.75, 3.05) is 5.32 Å². The normalized spacial score (nSPS) is 11.1. The monoisotopic (exact) mass is 289 g/mol. The van der Waals surface area contributed by atoms with Gasteiger partial charge in [-0.3, -0.25) is 4.79 Å². The van der Waals surface area contributed by atoms with Gasteiger partial charge in [-0.05, 0) is 30.9 Å². The summed E-state index contributed by atoms with van der Waals surface area (Å²) in [5.74, 6) is -1.27. The molecule has 0 bridgehead atoms. The predicted octanol–water partition coefficient (Wildman–Crippen LogP) is 3.36. The minimum atomic E-state index is -1.03. The summed E-state index contributed by atoms with van der Waals surface area (Å²) in [6.07, 6.45) is 0. The van der Waals surface area contributed by atoms with Crippen molar-refractivity contribution >= 4 is 28.9 Å². The second-order valence-corrected chi connectivity index (χ2v) is 5.83. The zero-order chi connectivity index (χ0) is 14.8. The lowest BCUT2D eigenvalue weighted by atomic mass is 9.83. The number of carboxylic acid groups (broad SMARTS) is 1. The van der Waals surface area contributed by atoms with E-state index in [1.807, 2.05) is 44.2 Å². The number of rotatable bonds is 4. The Morgan fingerprint density at radius 1 is 1.15 bits per heavy atom. The minimum Gasteiger partial charge on any atom is -0.477 e. The number of carbonyl (C=O) groups excluding carboxylic acids is 1. The Morgan fingerprint density at radius 3 is 2.40 bits per heavy atom. The number of benzene rings is 1. The first-order chi connectivity index (χ1) is 9.43. The molecular formula is C15H15NO3S. The summed E-state index contributed by atoms with van der Waals surface area (Å²) >= 11 is 1.09. The fourth-order valence-corrected chi connectivity index (χ4v) is 2.52. The van der Waals surface area contributed by atoms with Crippen molar-refractivity contribution in [3.63, 3.8) is 0 Å². The van der Waals surface area contributed by atoms with Gasteiger partial charge >= 0.3 is 5.97 Å². The molecule has 5 heteroatoms. The molecule has 0 fully saturated rings. The Balaban J connectivity index is 2.24. The van der Waals surface area contributed by atoms with Gasteiger partial charge < -0.3 is 10.4 Å². The number of nitrogens with one attached hydrogen (secondary N) is 1.